The highest BCUT2D eigenvalue weighted by atomic mass is 35.5. The van der Waals surface area contributed by atoms with E-state index in [0.29, 0.717) is 18.0 Å². The number of aromatic nitrogens is 2. The minimum Gasteiger partial charge on any atom is -0.336 e. The maximum absolute atomic E-state index is 12.0. The number of halogens is 1. The Labute approximate surface area is 133 Å². The number of hydrogen-bond donors (Lipinski definition) is 3. The van der Waals surface area contributed by atoms with Crippen molar-refractivity contribution in [2.75, 3.05) is 12.4 Å². The van der Waals surface area contributed by atoms with E-state index < -0.39 is 11.9 Å². The molecule has 3 amide bonds. The van der Waals surface area contributed by atoms with Crippen LogP contribution in [0.3, 0.4) is 0 Å². The molecule has 22 heavy (non-hydrogen) atoms. The van der Waals surface area contributed by atoms with Crippen LogP contribution in [-0.4, -0.2) is 33.9 Å². The molecule has 0 unspecified atom stereocenters. The van der Waals surface area contributed by atoms with E-state index in [9.17, 15) is 9.59 Å². The highest BCUT2D eigenvalue weighted by Crippen LogP contribution is 2.17. The second kappa shape index (κ2) is 7.13. The molecule has 3 N–H and O–H groups in total. The van der Waals surface area contributed by atoms with Crippen molar-refractivity contribution in [2.24, 2.45) is 0 Å². The monoisotopic (exact) mass is 323 g/mol. The average molecular weight is 324 g/mol. The molecule has 0 saturated carbocycles. The number of alkyl halides is 1. The van der Waals surface area contributed by atoms with Crippen LogP contribution in [0.4, 0.5) is 4.79 Å². The predicted molar refractivity (Wildman–Crippen MR) is 84.9 cm³/mol. The van der Waals surface area contributed by atoms with Crippen LogP contribution in [0.2, 0.25) is 0 Å². The second-order valence-electron chi connectivity index (χ2n) is 4.63. The topological polar surface area (TPSA) is 88.1 Å². The molecule has 1 heterocycles. The van der Waals surface area contributed by atoms with Gasteiger partial charge in [0.2, 0.25) is 0 Å². The Kier molecular flexibility index (Phi) is 5.21. The van der Waals surface area contributed by atoms with Crippen LogP contribution in [0.25, 0.3) is 11.0 Å². The van der Waals surface area contributed by atoms with E-state index in [1.807, 2.05) is 19.9 Å². The molecule has 0 aliphatic heterocycles. The van der Waals surface area contributed by atoms with Gasteiger partial charge >= 0.3 is 6.03 Å². The maximum Gasteiger partial charge on any atom is 0.333 e. The number of amides is 3. The Morgan fingerprint density at radius 1 is 1.32 bits per heavy atom. The standard InChI is InChI=1S/C14H18ClN5O2/c1-3-20-9(2)17-11-8-10(4-5-12(11)20)13(21)18-19-14(22)16-7-6-15/h4-5,8H,3,6-7H2,1-2H3,(H,18,21)(H2,16,19,22). The lowest BCUT2D eigenvalue weighted by Gasteiger charge is -2.08. The first kappa shape index (κ1) is 16.1. The van der Waals surface area contributed by atoms with Gasteiger partial charge in [0.15, 0.2) is 0 Å². The van der Waals surface area contributed by atoms with Crippen LogP contribution in [0.1, 0.15) is 23.1 Å². The summed E-state index contributed by atoms with van der Waals surface area (Å²) in [6, 6.07) is 4.73. The van der Waals surface area contributed by atoms with E-state index in [-0.39, 0.29) is 0 Å². The van der Waals surface area contributed by atoms with Crippen molar-refractivity contribution in [3.05, 3.63) is 29.6 Å². The molecule has 0 bridgehead atoms. The number of aryl methyl sites for hydroxylation is 2. The lowest BCUT2D eigenvalue weighted by molar-refractivity contribution is 0.0936. The Balaban J connectivity index is 2.07. The molecule has 2 rings (SSSR count). The third-order valence-corrected chi connectivity index (χ3v) is 3.38. The fourth-order valence-electron chi connectivity index (χ4n) is 2.18. The molecule has 7 nitrogen and oxygen atoms in total. The van der Waals surface area contributed by atoms with Gasteiger partial charge in [-0.05, 0) is 32.0 Å². The van der Waals surface area contributed by atoms with Crippen LogP contribution in [0, 0.1) is 6.92 Å². The van der Waals surface area contributed by atoms with Gasteiger partial charge < -0.3 is 9.88 Å². The summed E-state index contributed by atoms with van der Waals surface area (Å²) in [4.78, 5) is 27.8. The summed E-state index contributed by atoms with van der Waals surface area (Å²) < 4.78 is 2.06. The molecule has 8 heteroatoms. The van der Waals surface area contributed by atoms with Gasteiger partial charge in [0.25, 0.3) is 5.91 Å². The maximum atomic E-state index is 12.0. The number of nitrogens with one attached hydrogen (secondary N) is 3. The number of carbonyl (C=O) groups is 2. The predicted octanol–water partition coefficient (Wildman–Crippen LogP) is 1.55. The third-order valence-electron chi connectivity index (χ3n) is 3.19. The van der Waals surface area contributed by atoms with Crippen LogP contribution in [-0.2, 0) is 6.54 Å². The fourth-order valence-corrected chi connectivity index (χ4v) is 2.28. The molecular formula is C14H18ClN5O2. The first-order chi connectivity index (χ1) is 10.6. The lowest BCUT2D eigenvalue weighted by atomic mass is 10.2. The van der Waals surface area contributed by atoms with Crippen molar-refractivity contribution < 1.29 is 9.59 Å². The molecule has 1 aromatic heterocycles. The van der Waals surface area contributed by atoms with E-state index in [1.54, 1.807) is 12.1 Å². The van der Waals surface area contributed by atoms with Crippen LogP contribution in [0.15, 0.2) is 18.2 Å². The molecular weight excluding hydrogens is 306 g/mol. The van der Waals surface area contributed by atoms with Gasteiger partial charge in [-0.15, -0.1) is 11.6 Å². The Morgan fingerprint density at radius 3 is 2.77 bits per heavy atom. The van der Waals surface area contributed by atoms with Crippen molar-refractivity contribution in [3.8, 4) is 0 Å². The van der Waals surface area contributed by atoms with E-state index >= 15 is 0 Å². The molecule has 0 atom stereocenters. The van der Waals surface area contributed by atoms with Crippen molar-refractivity contribution in [3.63, 3.8) is 0 Å². The van der Waals surface area contributed by atoms with Gasteiger partial charge in [-0.25, -0.2) is 15.2 Å². The van der Waals surface area contributed by atoms with E-state index in [4.69, 9.17) is 11.6 Å². The van der Waals surface area contributed by atoms with Crippen LogP contribution < -0.4 is 16.2 Å². The Morgan fingerprint density at radius 2 is 2.09 bits per heavy atom. The number of rotatable bonds is 4. The van der Waals surface area contributed by atoms with Gasteiger partial charge in [-0.2, -0.15) is 0 Å². The summed E-state index contributed by atoms with van der Waals surface area (Å²) in [5, 5.41) is 2.47. The summed E-state index contributed by atoms with van der Waals surface area (Å²) in [6.07, 6.45) is 0. The molecule has 1 aromatic carbocycles. The van der Waals surface area contributed by atoms with Crippen molar-refractivity contribution in [2.45, 2.75) is 20.4 Å². The zero-order chi connectivity index (χ0) is 16.1. The van der Waals surface area contributed by atoms with Gasteiger partial charge in [0.05, 0.1) is 11.0 Å². The third kappa shape index (κ3) is 3.48. The minimum absolute atomic E-state index is 0.303. The van der Waals surface area contributed by atoms with Crippen molar-refractivity contribution in [1.82, 2.24) is 25.7 Å². The van der Waals surface area contributed by atoms with Crippen LogP contribution >= 0.6 is 11.6 Å². The molecule has 0 spiro atoms. The zero-order valence-electron chi connectivity index (χ0n) is 12.4. The first-order valence-electron chi connectivity index (χ1n) is 6.93. The van der Waals surface area contributed by atoms with Crippen LogP contribution in [0.5, 0.6) is 0 Å². The van der Waals surface area contributed by atoms with Gasteiger partial charge in [0, 0.05) is 24.5 Å². The number of benzene rings is 1. The highest BCUT2D eigenvalue weighted by molar-refractivity contribution is 6.18. The van der Waals surface area contributed by atoms with Gasteiger partial charge in [0.1, 0.15) is 5.82 Å². The molecule has 0 fully saturated rings. The average Bonchev–Trinajstić information content (AvgIpc) is 2.84. The minimum atomic E-state index is -0.513. The first-order valence-corrected chi connectivity index (χ1v) is 7.47. The zero-order valence-corrected chi connectivity index (χ0v) is 13.2. The van der Waals surface area contributed by atoms with Crippen molar-refractivity contribution >= 4 is 34.6 Å². The smallest absolute Gasteiger partial charge is 0.333 e. The largest absolute Gasteiger partial charge is 0.336 e. The number of nitrogens with zero attached hydrogens (tertiary/aromatic N) is 2. The Hall–Kier alpha value is -2.28. The number of hydrazine groups is 1. The number of urea groups is 1. The summed E-state index contributed by atoms with van der Waals surface area (Å²) in [5.74, 6) is 0.789. The van der Waals surface area contributed by atoms with E-state index in [0.717, 1.165) is 23.4 Å². The van der Waals surface area contributed by atoms with Crippen molar-refractivity contribution in [1.29, 1.82) is 0 Å². The van der Waals surface area contributed by atoms with E-state index in [2.05, 4.69) is 25.7 Å². The number of fused-ring (bicyclic) bond motifs is 1. The molecule has 0 aliphatic carbocycles. The second-order valence-corrected chi connectivity index (χ2v) is 5.01. The molecule has 0 saturated heterocycles. The molecule has 118 valence electrons. The number of hydrogen-bond acceptors (Lipinski definition) is 3. The van der Waals surface area contributed by atoms with E-state index in [1.165, 1.54) is 0 Å². The normalized spacial score (nSPS) is 10.5. The summed E-state index contributed by atoms with van der Waals surface area (Å²) in [5.41, 5.74) is 6.73. The molecule has 0 aliphatic rings. The number of imidazole rings is 1. The Bertz CT molecular complexity index is 698. The summed E-state index contributed by atoms with van der Waals surface area (Å²) >= 11 is 5.45. The quantitative estimate of drug-likeness (QED) is 0.589. The number of carbonyl (C=O) groups excluding carboxylic acids is 2. The molecule has 0 radical (unpaired) electrons. The van der Waals surface area contributed by atoms with Gasteiger partial charge in [-0.1, -0.05) is 0 Å². The lowest BCUT2D eigenvalue weighted by Crippen LogP contribution is -2.47. The molecule has 2 aromatic rings. The SMILES string of the molecule is CCn1c(C)nc2cc(C(=O)NNC(=O)NCCCl)ccc21. The summed E-state index contributed by atoms with van der Waals surface area (Å²) in [6.45, 7) is 5.10. The van der Waals surface area contributed by atoms with Gasteiger partial charge in [-0.3, -0.25) is 10.2 Å². The highest BCUT2D eigenvalue weighted by Gasteiger charge is 2.11. The summed E-state index contributed by atoms with van der Waals surface area (Å²) in [7, 11) is 0. The fraction of sp³-hybridized carbons (Fsp3) is 0.357.